The van der Waals surface area contributed by atoms with Crippen molar-refractivity contribution in [3.05, 3.63) is 28.3 Å². The number of benzene rings is 1. The molecule has 1 aliphatic carbocycles. The van der Waals surface area contributed by atoms with Crippen LogP contribution in [0.4, 0.5) is 27.6 Å². The molecule has 1 N–H and O–H groups in total. The van der Waals surface area contributed by atoms with Gasteiger partial charge in [-0.1, -0.05) is 0 Å². The maximum Gasteiger partial charge on any atom is 0.416 e. The van der Waals surface area contributed by atoms with Gasteiger partial charge in [-0.05, 0) is 49.3 Å². The van der Waals surface area contributed by atoms with E-state index in [1.54, 1.807) is 0 Å². The molecule has 2 aliphatic rings. The lowest BCUT2D eigenvalue weighted by molar-refractivity contribution is -0.138. The molecule has 3 nitrogen and oxygen atoms in total. The Hall–Kier alpha value is -1.86. The molecule has 0 aromatic heterocycles. The van der Waals surface area contributed by atoms with Crippen LogP contribution < -0.4 is 4.90 Å². The Kier molecular flexibility index (Phi) is 4.65. The molecule has 1 aromatic carbocycles. The molecular formula is C18H20F5NO2. The Morgan fingerprint density at radius 2 is 1.88 bits per heavy atom. The number of carbonyl (C=O) groups is 1. The average molecular weight is 377 g/mol. The number of rotatable bonds is 3. The molecule has 1 saturated heterocycles. The number of alkyl halides is 5. The molecular weight excluding hydrogens is 357 g/mol. The minimum Gasteiger partial charge on any atom is -0.478 e. The third kappa shape index (κ3) is 3.64. The summed E-state index contributed by atoms with van der Waals surface area (Å²) in [6.07, 6.45) is -4.01. The number of carboxylic acids is 1. The van der Waals surface area contributed by atoms with Gasteiger partial charge in [0.15, 0.2) is 0 Å². The Morgan fingerprint density at radius 3 is 2.42 bits per heavy atom. The Bertz CT molecular complexity index is 725. The van der Waals surface area contributed by atoms with Gasteiger partial charge in [0.1, 0.15) is 0 Å². The van der Waals surface area contributed by atoms with E-state index in [9.17, 15) is 31.9 Å². The summed E-state index contributed by atoms with van der Waals surface area (Å²) in [4.78, 5) is 13.2. The first-order chi connectivity index (χ1) is 12.0. The first-order valence-electron chi connectivity index (χ1n) is 8.62. The van der Waals surface area contributed by atoms with Gasteiger partial charge in [0.05, 0.1) is 16.8 Å². The largest absolute Gasteiger partial charge is 0.478 e. The van der Waals surface area contributed by atoms with Gasteiger partial charge in [-0.25, -0.2) is 13.6 Å². The molecule has 0 bridgehead atoms. The highest BCUT2D eigenvalue weighted by Crippen LogP contribution is 2.49. The molecule has 0 spiro atoms. The molecule has 0 radical (unpaired) electrons. The highest BCUT2D eigenvalue weighted by atomic mass is 19.4. The van der Waals surface area contributed by atoms with Crippen LogP contribution in [0.15, 0.2) is 6.07 Å². The predicted molar refractivity (Wildman–Crippen MR) is 86.1 cm³/mol. The zero-order valence-electron chi connectivity index (χ0n) is 14.3. The molecule has 1 saturated carbocycles. The number of hydrogen-bond donors (Lipinski definition) is 1. The van der Waals surface area contributed by atoms with Gasteiger partial charge < -0.3 is 10.0 Å². The van der Waals surface area contributed by atoms with E-state index in [4.69, 9.17) is 0 Å². The standard InChI is InChI=1S/C18H20F5NO2/c1-10-14(16(25)26)13(24-7-2-5-17(19,20)6-8-24)9-12(11-3-4-11)15(10)18(21,22)23/h9,11H,2-8H2,1H3,(H,25,26). The summed E-state index contributed by atoms with van der Waals surface area (Å²) in [7, 11) is 0. The number of carboxylic acid groups (broad SMARTS) is 1. The predicted octanol–water partition coefficient (Wildman–Crippen LogP) is 5.22. The van der Waals surface area contributed by atoms with Crippen molar-refractivity contribution >= 4 is 11.7 Å². The summed E-state index contributed by atoms with van der Waals surface area (Å²) in [6, 6.07) is 1.28. The van der Waals surface area contributed by atoms with Crippen molar-refractivity contribution in [2.24, 2.45) is 0 Å². The number of hydrogen-bond acceptors (Lipinski definition) is 2. The van der Waals surface area contributed by atoms with Crippen molar-refractivity contribution < 1.29 is 31.9 Å². The van der Waals surface area contributed by atoms with E-state index in [1.807, 2.05) is 0 Å². The SMILES string of the molecule is Cc1c(C(=O)O)c(N2CCCC(F)(F)CC2)cc(C2CC2)c1C(F)(F)F. The van der Waals surface area contributed by atoms with E-state index in [2.05, 4.69) is 0 Å². The van der Waals surface area contributed by atoms with Crippen molar-refractivity contribution in [2.45, 2.75) is 57.0 Å². The third-order valence-electron chi connectivity index (χ3n) is 5.16. The summed E-state index contributed by atoms with van der Waals surface area (Å²) in [6.45, 7) is 1.28. The van der Waals surface area contributed by atoms with Crippen LogP contribution >= 0.6 is 0 Å². The van der Waals surface area contributed by atoms with Gasteiger partial charge in [0.25, 0.3) is 0 Å². The maximum atomic E-state index is 13.6. The molecule has 0 atom stereocenters. The smallest absolute Gasteiger partial charge is 0.416 e. The summed E-state index contributed by atoms with van der Waals surface area (Å²) in [5, 5.41) is 9.54. The highest BCUT2D eigenvalue weighted by Gasteiger charge is 2.42. The second kappa shape index (κ2) is 6.39. The quantitative estimate of drug-likeness (QED) is 0.735. The van der Waals surface area contributed by atoms with Crippen LogP contribution in [0.1, 0.15) is 65.1 Å². The fourth-order valence-electron chi connectivity index (χ4n) is 3.74. The summed E-state index contributed by atoms with van der Waals surface area (Å²) in [5.74, 6) is -4.56. The van der Waals surface area contributed by atoms with Gasteiger partial charge in [0, 0.05) is 25.9 Å². The van der Waals surface area contributed by atoms with E-state index in [0.29, 0.717) is 12.8 Å². The first kappa shape index (κ1) is 18.9. The minimum absolute atomic E-state index is 0.0812. The zero-order chi connectivity index (χ0) is 19.3. The maximum absolute atomic E-state index is 13.6. The third-order valence-corrected chi connectivity index (χ3v) is 5.16. The zero-order valence-corrected chi connectivity index (χ0v) is 14.3. The van der Waals surface area contributed by atoms with Crippen molar-refractivity contribution in [3.8, 4) is 0 Å². The van der Waals surface area contributed by atoms with Gasteiger partial charge in [-0.3, -0.25) is 0 Å². The number of nitrogens with zero attached hydrogens (tertiary/aromatic N) is 1. The van der Waals surface area contributed by atoms with Crippen LogP contribution in [0.3, 0.4) is 0 Å². The fourth-order valence-corrected chi connectivity index (χ4v) is 3.74. The molecule has 2 fully saturated rings. The Morgan fingerprint density at radius 1 is 1.23 bits per heavy atom. The van der Waals surface area contributed by atoms with Crippen molar-refractivity contribution in [1.29, 1.82) is 0 Å². The van der Waals surface area contributed by atoms with Gasteiger partial charge in [-0.2, -0.15) is 13.2 Å². The normalized spacial score (nSPS) is 20.8. The van der Waals surface area contributed by atoms with E-state index < -0.39 is 35.6 Å². The molecule has 144 valence electrons. The van der Waals surface area contributed by atoms with E-state index in [0.717, 1.165) is 6.92 Å². The summed E-state index contributed by atoms with van der Waals surface area (Å²) in [5.41, 5.74) is -1.44. The molecule has 26 heavy (non-hydrogen) atoms. The molecule has 1 aromatic rings. The molecule has 8 heteroatoms. The van der Waals surface area contributed by atoms with Crippen molar-refractivity contribution in [2.75, 3.05) is 18.0 Å². The van der Waals surface area contributed by atoms with Gasteiger partial charge in [0.2, 0.25) is 5.92 Å². The second-order valence-corrected chi connectivity index (χ2v) is 7.13. The summed E-state index contributed by atoms with van der Waals surface area (Å²) < 4.78 is 68.0. The number of anilines is 1. The Labute approximate surface area is 147 Å². The van der Waals surface area contributed by atoms with Gasteiger partial charge >= 0.3 is 12.1 Å². The topological polar surface area (TPSA) is 40.5 Å². The average Bonchev–Trinajstić information content (AvgIpc) is 3.32. The van der Waals surface area contributed by atoms with Gasteiger partial charge in [-0.15, -0.1) is 0 Å². The monoisotopic (exact) mass is 377 g/mol. The van der Waals surface area contributed by atoms with Crippen LogP contribution in [-0.4, -0.2) is 30.1 Å². The fraction of sp³-hybridized carbons (Fsp3) is 0.611. The van der Waals surface area contributed by atoms with E-state index in [1.165, 1.54) is 11.0 Å². The van der Waals surface area contributed by atoms with Crippen LogP contribution in [0.5, 0.6) is 0 Å². The number of halogens is 5. The van der Waals surface area contributed by atoms with Crippen LogP contribution in [0.25, 0.3) is 0 Å². The lowest BCUT2D eigenvalue weighted by Gasteiger charge is -2.28. The van der Waals surface area contributed by atoms with Crippen molar-refractivity contribution in [3.63, 3.8) is 0 Å². The molecule has 1 aliphatic heterocycles. The van der Waals surface area contributed by atoms with E-state index >= 15 is 0 Å². The Balaban J connectivity index is 2.14. The first-order valence-corrected chi connectivity index (χ1v) is 8.62. The van der Waals surface area contributed by atoms with Crippen LogP contribution in [-0.2, 0) is 6.18 Å². The second-order valence-electron chi connectivity index (χ2n) is 7.13. The van der Waals surface area contributed by atoms with E-state index in [-0.39, 0.29) is 48.7 Å². The molecule has 0 unspecified atom stereocenters. The lowest BCUT2D eigenvalue weighted by Crippen LogP contribution is -2.29. The summed E-state index contributed by atoms with van der Waals surface area (Å²) >= 11 is 0. The lowest BCUT2D eigenvalue weighted by atomic mass is 9.91. The minimum atomic E-state index is -4.66. The molecule has 1 heterocycles. The molecule has 0 amide bonds. The van der Waals surface area contributed by atoms with Crippen LogP contribution in [0, 0.1) is 6.92 Å². The van der Waals surface area contributed by atoms with Crippen LogP contribution in [0.2, 0.25) is 0 Å². The van der Waals surface area contributed by atoms with Crippen molar-refractivity contribution in [1.82, 2.24) is 0 Å². The number of aromatic carboxylic acids is 1. The molecule has 3 rings (SSSR count). The highest BCUT2D eigenvalue weighted by molar-refractivity contribution is 5.97.